The highest BCUT2D eigenvalue weighted by molar-refractivity contribution is 7.90. The number of ether oxygens (including phenoxy) is 1. The van der Waals surface area contributed by atoms with Crippen molar-refractivity contribution in [2.75, 3.05) is 23.8 Å². The summed E-state index contributed by atoms with van der Waals surface area (Å²) in [5.74, 6) is 0.899. The third-order valence-electron chi connectivity index (χ3n) is 7.24. The van der Waals surface area contributed by atoms with Crippen LogP contribution in [-0.4, -0.2) is 48.0 Å². The quantitative estimate of drug-likeness (QED) is 0.420. The number of carbonyl (C=O) groups is 1. The van der Waals surface area contributed by atoms with E-state index in [1.165, 1.54) is 18.2 Å². The topological polar surface area (TPSA) is 140 Å². The molecule has 4 heterocycles. The maximum Gasteiger partial charge on any atom is 0.281 e. The summed E-state index contributed by atoms with van der Waals surface area (Å²) < 4.78 is 33.8. The molecule has 11 heteroatoms. The molecule has 0 radical (unpaired) electrons. The zero-order valence-corrected chi connectivity index (χ0v) is 24.0. The Labute approximate surface area is 230 Å². The number of aromatic nitrogens is 3. The van der Waals surface area contributed by atoms with Gasteiger partial charge in [-0.1, -0.05) is 26.8 Å². The molecule has 208 valence electrons. The van der Waals surface area contributed by atoms with Gasteiger partial charge in [-0.15, -0.1) is 0 Å². The van der Waals surface area contributed by atoms with Gasteiger partial charge in [0.05, 0.1) is 17.9 Å². The molecular formula is C28H36N6O4S. The predicted molar refractivity (Wildman–Crippen MR) is 151 cm³/mol. The van der Waals surface area contributed by atoms with Gasteiger partial charge in [-0.05, 0) is 68.9 Å². The number of nitrogens with two attached hydrogens (primary N) is 1. The molecule has 39 heavy (non-hydrogen) atoms. The maximum atomic E-state index is 13.4. The molecule has 1 fully saturated rings. The lowest BCUT2D eigenvalue weighted by Gasteiger charge is -2.36. The molecule has 1 aliphatic rings. The Hall–Kier alpha value is -3.73. The van der Waals surface area contributed by atoms with E-state index < -0.39 is 15.9 Å². The van der Waals surface area contributed by atoms with Crippen molar-refractivity contribution >= 4 is 27.6 Å². The number of carbonyl (C=O) groups excluding carboxylic acids is 1. The zero-order valence-electron chi connectivity index (χ0n) is 23.2. The average Bonchev–Trinajstić information content (AvgIpc) is 3.14. The average molecular weight is 553 g/mol. The summed E-state index contributed by atoms with van der Waals surface area (Å²) in [6, 6.07) is 9.40. The van der Waals surface area contributed by atoms with E-state index in [1.54, 1.807) is 18.3 Å². The molecule has 1 amide bonds. The van der Waals surface area contributed by atoms with Gasteiger partial charge in [0.1, 0.15) is 11.6 Å². The molecule has 1 atom stereocenters. The number of nitrogen functional groups attached to an aromatic ring is 1. The van der Waals surface area contributed by atoms with Crippen molar-refractivity contribution in [1.29, 1.82) is 0 Å². The number of rotatable bonds is 8. The van der Waals surface area contributed by atoms with E-state index in [0.717, 1.165) is 17.5 Å². The number of amides is 1. The first-order valence-electron chi connectivity index (χ1n) is 13.0. The molecular weight excluding hydrogens is 516 g/mol. The highest BCUT2D eigenvalue weighted by Gasteiger charge is 2.41. The first kappa shape index (κ1) is 28.3. The third-order valence-corrected chi connectivity index (χ3v) is 8.47. The van der Waals surface area contributed by atoms with E-state index in [4.69, 9.17) is 15.5 Å². The molecule has 0 bridgehead atoms. The Kier molecular flexibility index (Phi) is 7.83. The second-order valence-electron chi connectivity index (χ2n) is 10.9. The molecule has 3 aromatic heterocycles. The van der Waals surface area contributed by atoms with Crippen LogP contribution in [0.5, 0.6) is 5.88 Å². The number of anilines is 2. The molecule has 1 saturated heterocycles. The molecule has 3 aromatic rings. The van der Waals surface area contributed by atoms with E-state index >= 15 is 0 Å². The second-order valence-corrected chi connectivity index (χ2v) is 12.6. The van der Waals surface area contributed by atoms with E-state index in [1.807, 2.05) is 13.0 Å². The SMILES string of the molecule is Cc1cc(OCC(C)C)ncc1-c1ccc(C(=O)NS(=O)(=O)c2cccc(N)n2)c(N2CCC(C)C2(C)C)n1. The summed E-state index contributed by atoms with van der Waals surface area (Å²) in [4.78, 5) is 28.7. The van der Waals surface area contributed by atoms with Crippen LogP contribution in [0.3, 0.4) is 0 Å². The maximum absolute atomic E-state index is 13.4. The van der Waals surface area contributed by atoms with Crippen LogP contribution < -0.4 is 20.1 Å². The fourth-order valence-corrected chi connectivity index (χ4v) is 5.47. The van der Waals surface area contributed by atoms with E-state index in [0.29, 0.717) is 42.4 Å². The minimum absolute atomic E-state index is 0.0365. The monoisotopic (exact) mass is 552 g/mol. The number of hydrogen-bond acceptors (Lipinski definition) is 9. The van der Waals surface area contributed by atoms with Crippen molar-refractivity contribution in [3.8, 4) is 17.1 Å². The third kappa shape index (κ3) is 5.98. The van der Waals surface area contributed by atoms with Crippen molar-refractivity contribution in [2.24, 2.45) is 11.8 Å². The predicted octanol–water partition coefficient (Wildman–Crippen LogP) is 4.21. The lowest BCUT2D eigenvalue weighted by atomic mass is 9.90. The van der Waals surface area contributed by atoms with Gasteiger partial charge in [0.2, 0.25) is 5.88 Å². The first-order valence-corrected chi connectivity index (χ1v) is 14.5. The van der Waals surface area contributed by atoms with Crippen LogP contribution in [0.1, 0.15) is 57.0 Å². The summed E-state index contributed by atoms with van der Waals surface area (Å²) in [6.07, 6.45) is 2.62. The fourth-order valence-electron chi connectivity index (χ4n) is 4.53. The highest BCUT2D eigenvalue weighted by atomic mass is 32.2. The minimum Gasteiger partial charge on any atom is -0.477 e. The van der Waals surface area contributed by atoms with Gasteiger partial charge in [0.15, 0.2) is 5.03 Å². The minimum atomic E-state index is -4.26. The lowest BCUT2D eigenvalue weighted by Crippen LogP contribution is -2.43. The molecule has 1 aliphatic heterocycles. The van der Waals surface area contributed by atoms with Crippen LogP contribution >= 0.6 is 0 Å². The Bertz CT molecular complexity index is 1490. The Morgan fingerprint density at radius 1 is 1.23 bits per heavy atom. The molecule has 0 aromatic carbocycles. The van der Waals surface area contributed by atoms with Gasteiger partial charge in [-0.25, -0.2) is 19.7 Å². The van der Waals surface area contributed by atoms with Gasteiger partial charge >= 0.3 is 0 Å². The number of hydrogen-bond donors (Lipinski definition) is 2. The standard InChI is InChI=1S/C28H36N6O4S/c1-17(2)16-38-24-14-18(3)21(15-30-24)22-11-10-20(26(31-22)34-13-12-19(4)28(34,5)6)27(35)33-39(36,37)25-9-7-8-23(29)32-25/h7-11,14-15,17,19H,12-13,16H2,1-6H3,(H2,29,32)(H,33,35). The summed E-state index contributed by atoms with van der Waals surface area (Å²) >= 11 is 0. The number of sulfonamides is 1. The molecule has 4 rings (SSSR count). The van der Waals surface area contributed by atoms with Crippen molar-refractivity contribution in [1.82, 2.24) is 19.7 Å². The van der Waals surface area contributed by atoms with Gasteiger partial charge in [-0.3, -0.25) is 4.79 Å². The molecule has 0 saturated carbocycles. The summed E-state index contributed by atoms with van der Waals surface area (Å²) in [5, 5.41) is -0.335. The summed E-state index contributed by atoms with van der Waals surface area (Å²) in [7, 11) is -4.26. The second kappa shape index (κ2) is 10.8. The van der Waals surface area contributed by atoms with Crippen LogP contribution in [0.2, 0.25) is 0 Å². The van der Waals surface area contributed by atoms with E-state index in [-0.39, 0.29) is 21.9 Å². The number of pyridine rings is 3. The normalized spacial score (nSPS) is 16.9. The van der Waals surface area contributed by atoms with Gasteiger partial charge in [0, 0.05) is 29.9 Å². The van der Waals surface area contributed by atoms with Crippen LogP contribution in [0.25, 0.3) is 11.3 Å². The number of aryl methyl sites for hydroxylation is 1. The summed E-state index contributed by atoms with van der Waals surface area (Å²) in [6.45, 7) is 13.7. The number of nitrogens with one attached hydrogen (secondary N) is 1. The van der Waals surface area contributed by atoms with Crippen LogP contribution in [0.4, 0.5) is 11.6 Å². The summed E-state index contributed by atoms with van der Waals surface area (Å²) in [5.41, 5.74) is 7.83. The van der Waals surface area contributed by atoms with Crippen molar-refractivity contribution < 1.29 is 17.9 Å². The first-order chi connectivity index (χ1) is 18.3. The lowest BCUT2D eigenvalue weighted by molar-refractivity contribution is 0.0981. The van der Waals surface area contributed by atoms with Crippen molar-refractivity contribution in [3.05, 3.63) is 53.7 Å². The largest absolute Gasteiger partial charge is 0.477 e. The highest BCUT2D eigenvalue weighted by Crippen LogP contribution is 2.39. The smallest absolute Gasteiger partial charge is 0.281 e. The Balaban J connectivity index is 1.74. The molecule has 3 N–H and O–H groups in total. The van der Waals surface area contributed by atoms with E-state index in [9.17, 15) is 13.2 Å². The molecule has 0 aliphatic carbocycles. The van der Waals surface area contributed by atoms with Crippen LogP contribution in [-0.2, 0) is 10.0 Å². The zero-order chi connectivity index (χ0) is 28.5. The van der Waals surface area contributed by atoms with Crippen LogP contribution in [0, 0.1) is 18.8 Å². The van der Waals surface area contributed by atoms with Crippen LogP contribution in [0.15, 0.2) is 47.6 Å². The van der Waals surface area contributed by atoms with Gasteiger partial charge < -0.3 is 15.4 Å². The number of nitrogens with zero attached hydrogens (tertiary/aromatic N) is 4. The molecule has 10 nitrogen and oxygen atoms in total. The van der Waals surface area contributed by atoms with E-state index in [2.05, 4.69) is 54.2 Å². The van der Waals surface area contributed by atoms with Crippen molar-refractivity contribution in [2.45, 2.75) is 58.5 Å². The molecule has 1 unspecified atom stereocenters. The van der Waals surface area contributed by atoms with Gasteiger partial charge in [-0.2, -0.15) is 8.42 Å². The Morgan fingerprint density at radius 3 is 2.59 bits per heavy atom. The van der Waals surface area contributed by atoms with Crippen molar-refractivity contribution in [3.63, 3.8) is 0 Å². The molecule has 0 spiro atoms. The van der Waals surface area contributed by atoms with Gasteiger partial charge in [0.25, 0.3) is 15.9 Å². The Morgan fingerprint density at radius 2 is 1.97 bits per heavy atom. The fraction of sp³-hybridized carbons (Fsp3) is 0.429.